The van der Waals surface area contributed by atoms with Crippen molar-refractivity contribution in [3.8, 4) is 11.5 Å². The standard InChI is InChI=1S/C19H17ClN2O4/c1-24-17-9-13(19(23)26-3)16(10-18(17)25-2)22-14-6-7-21-15-8-11(20)4-5-12(14)15/h4-10H,1-3H3,(H,21,22). The first-order valence-electron chi connectivity index (χ1n) is 7.73. The molecule has 2 aromatic carbocycles. The first kappa shape index (κ1) is 17.8. The lowest BCUT2D eigenvalue weighted by atomic mass is 10.1. The second kappa shape index (κ2) is 7.49. The van der Waals surface area contributed by atoms with E-state index in [0.29, 0.717) is 27.8 Å². The number of hydrogen-bond acceptors (Lipinski definition) is 6. The van der Waals surface area contributed by atoms with E-state index in [2.05, 4.69) is 10.3 Å². The Kier molecular flexibility index (Phi) is 5.14. The molecule has 0 saturated heterocycles. The predicted molar refractivity (Wildman–Crippen MR) is 101 cm³/mol. The van der Waals surface area contributed by atoms with E-state index in [1.54, 1.807) is 30.5 Å². The van der Waals surface area contributed by atoms with Crippen LogP contribution in [0.3, 0.4) is 0 Å². The van der Waals surface area contributed by atoms with Crippen molar-refractivity contribution in [3.05, 3.63) is 53.2 Å². The van der Waals surface area contributed by atoms with E-state index < -0.39 is 5.97 Å². The molecule has 0 amide bonds. The van der Waals surface area contributed by atoms with Crippen LogP contribution in [-0.4, -0.2) is 32.3 Å². The maximum atomic E-state index is 12.2. The predicted octanol–water partition coefficient (Wildman–Crippen LogP) is 4.44. The third kappa shape index (κ3) is 3.36. The Morgan fingerprint density at radius 2 is 1.73 bits per heavy atom. The maximum Gasteiger partial charge on any atom is 0.340 e. The molecule has 3 rings (SSSR count). The minimum atomic E-state index is -0.491. The first-order valence-corrected chi connectivity index (χ1v) is 8.10. The number of methoxy groups -OCH3 is 3. The van der Waals surface area contributed by atoms with E-state index in [1.807, 2.05) is 12.1 Å². The van der Waals surface area contributed by atoms with Crippen molar-refractivity contribution in [3.63, 3.8) is 0 Å². The quantitative estimate of drug-likeness (QED) is 0.668. The lowest BCUT2D eigenvalue weighted by Crippen LogP contribution is -2.07. The fourth-order valence-corrected chi connectivity index (χ4v) is 2.80. The number of nitrogens with zero attached hydrogens (tertiary/aromatic N) is 1. The summed E-state index contributed by atoms with van der Waals surface area (Å²) in [4.78, 5) is 16.5. The molecule has 0 radical (unpaired) electrons. The Balaban J connectivity index is 2.13. The zero-order chi connectivity index (χ0) is 18.7. The highest BCUT2D eigenvalue weighted by Crippen LogP contribution is 2.36. The van der Waals surface area contributed by atoms with Crippen LogP contribution in [0.15, 0.2) is 42.6 Å². The molecule has 0 aliphatic carbocycles. The molecule has 3 aromatic rings. The van der Waals surface area contributed by atoms with Gasteiger partial charge in [0, 0.05) is 34.4 Å². The number of esters is 1. The summed E-state index contributed by atoms with van der Waals surface area (Å²) in [5.74, 6) is 0.434. The van der Waals surface area contributed by atoms with Crippen LogP contribution < -0.4 is 14.8 Å². The third-order valence-corrected chi connectivity index (χ3v) is 4.14. The van der Waals surface area contributed by atoms with Crippen LogP contribution in [0.2, 0.25) is 5.02 Å². The van der Waals surface area contributed by atoms with Gasteiger partial charge in [-0.2, -0.15) is 0 Å². The van der Waals surface area contributed by atoms with Gasteiger partial charge >= 0.3 is 5.97 Å². The average Bonchev–Trinajstić information content (AvgIpc) is 2.66. The van der Waals surface area contributed by atoms with Crippen LogP contribution in [0, 0.1) is 0 Å². The summed E-state index contributed by atoms with van der Waals surface area (Å²) in [6.07, 6.45) is 1.67. The first-order chi connectivity index (χ1) is 12.6. The molecule has 134 valence electrons. The second-order valence-electron chi connectivity index (χ2n) is 5.39. The van der Waals surface area contributed by atoms with Crippen LogP contribution in [0.5, 0.6) is 11.5 Å². The Morgan fingerprint density at radius 1 is 1.00 bits per heavy atom. The van der Waals surface area contributed by atoms with E-state index in [-0.39, 0.29) is 0 Å². The summed E-state index contributed by atoms with van der Waals surface area (Å²) in [5.41, 5.74) is 2.35. The average molecular weight is 373 g/mol. The number of carbonyl (C=O) groups is 1. The zero-order valence-electron chi connectivity index (χ0n) is 14.5. The van der Waals surface area contributed by atoms with Crippen molar-refractivity contribution < 1.29 is 19.0 Å². The van der Waals surface area contributed by atoms with Gasteiger partial charge in [-0.1, -0.05) is 11.6 Å². The number of pyridine rings is 1. The van der Waals surface area contributed by atoms with Crippen molar-refractivity contribution in [2.45, 2.75) is 0 Å². The Labute approximate surface area is 155 Å². The number of rotatable bonds is 5. The van der Waals surface area contributed by atoms with Gasteiger partial charge in [0.1, 0.15) is 0 Å². The highest BCUT2D eigenvalue weighted by molar-refractivity contribution is 6.31. The lowest BCUT2D eigenvalue weighted by molar-refractivity contribution is 0.0601. The van der Waals surface area contributed by atoms with Gasteiger partial charge in [0.15, 0.2) is 11.5 Å². The highest BCUT2D eigenvalue weighted by Gasteiger charge is 2.18. The van der Waals surface area contributed by atoms with E-state index >= 15 is 0 Å². The molecule has 1 N–H and O–H groups in total. The Morgan fingerprint density at radius 3 is 2.42 bits per heavy atom. The number of carbonyl (C=O) groups excluding carboxylic acids is 1. The molecule has 1 heterocycles. The molecule has 0 bridgehead atoms. The van der Waals surface area contributed by atoms with Crippen LogP contribution in [0.1, 0.15) is 10.4 Å². The van der Waals surface area contributed by atoms with E-state index in [1.165, 1.54) is 21.3 Å². The van der Waals surface area contributed by atoms with Crippen molar-refractivity contribution in [1.29, 1.82) is 0 Å². The molecule has 0 unspecified atom stereocenters. The van der Waals surface area contributed by atoms with Gasteiger partial charge in [-0.05, 0) is 24.3 Å². The molecule has 0 aliphatic heterocycles. The molecule has 0 fully saturated rings. The fraction of sp³-hybridized carbons (Fsp3) is 0.158. The molecule has 0 spiro atoms. The Bertz CT molecular complexity index is 975. The van der Waals surface area contributed by atoms with Crippen molar-refractivity contribution >= 4 is 39.8 Å². The van der Waals surface area contributed by atoms with E-state index in [4.69, 9.17) is 25.8 Å². The van der Waals surface area contributed by atoms with Gasteiger partial charge in [-0.3, -0.25) is 4.98 Å². The van der Waals surface area contributed by atoms with Gasteiger partial charge in [-0.15, -0.1) is 0 Å². The number of nitrogens with one attached hydrogen (secondary N) is 1. The second-order valence-corrected chi connectivity index (χ2v) is 5.83. The number of fused-ring (bicyclic) bond motifs is 1. The minimum Gasteiger partial charge on any atom is -0.493 e. The molecule has 0 atom stereocenters. The largest absolute Gasteiger partial charge is 0.493 e. The van der Waals surface area contributed by atoms with Gasteiger partial charge in [-0.25, -0.2) is 4.79 Å². The molecular weight excluding hydrogens is 356 g/mol. The minimum absolute atomic E-state index is 0.323. The number of aromatic nitrogens is 1. The van der Waals surface area contributed by atoms with E-state index in [0.717, 1.165) is 16.6 Å². The third-order valence-electron chi connectivity index (χ3n) is 3.90. The van der Waals surface area contributed by atoms with Crippen molar-refractivity contribution in [1.82, 2.24) is 4.98 Å². The molecular formula is C19H17ClN2O4. The summed E-state index contributed by atoms with van der Waals surface area (Å²) in [5, 5.41) is 4.72. The van der Waals surface area contributed by atoms with Gasteiger partial charge in [0.05, 0.1) is 38.1 Å². The SMILES string of the molecule is COC(=O)c1cc(OC)c(OC)cc1Nc1ccnc2cc(Cl)ccc12. The molecule has 6 nitrogen and oxygen atoms in total. The number of halogens is 1. The number of anilines is 2. The summed E-state index contributed by atoms with van der Waals surface area (Å²) < 4.78 is 15.5. The van der Waals surface area contributed by atoms with Gasteiger partial charge < -0.3 is 19.5 Å². The smallest absolute Gasteiger partial charge is 0.340 e. The summed E-state index contributed by atoms with van der Waals surface area (Å²) in [6.45, 7) is 0. The van der Waals surface area contributed by atoms with Crippen molar-refractivity contribution in [2.75, 3.05) is 26.6 Å². The number of ether oxygens (including phenoxy) is 3. The lowest BCUT2D eigenvalue weighted by Gasteiger charge is -2.16. The zero-order valence-corrected chi connectivity index (χ0v) is 15.3. The normalized spacial score (nSPS) is 10.5. The number of benzene rings is 2. The van der Waals surface area contributed by atoms with Gasteiger partial charge in [0.2, 0.25) is 0 Å². The molecule has 1 aromatic heterocycles. The van der Waals surface area contributed by atoms with E-state index in [9.17, 15) is 4.79 Å². The Hall–Kier alpha value is -2.99. The van der Waals surface area contributed by atoms with Crippen molar-refractivity contribution in [2.24, 2.45) is 0 Å². The summed E-state index contributed by atoms with van der Waals surface area (Å²) in [7, 11) is 4.36. The number of hydrogen-bond donors (Lipinski definition) is 1. The van der Waals surface area contributed by atoms with Gasteiger partial charge in [0.25, 0.3) is 0 Å². The molecule has 26 heavy (non-hydrogen) atoms. The summed E-state index contributed by atoms with van der Waals surface area (Å²) >= 11 is 6.04. The van der Waals surface area contributed by atoms with Crippen LogP contribution in [-0.2, 0) is 4.74 Å². The highest BCUT2D eigenvalue weighted by atomic mass is 35.5. The maximum absolute atomic E-state index is 12.2. The molecule has 0 aliphatic rings. The monoisotopic (exact) mass is 372 g/mol. The molecule has 7 heteroatoms. The summed E-state index contributed by atoms with van der Waals surface area (Å²) in [6, 6.07) is 10.5. The van der Waals surface area contributed by atoms with Crippen LogP contribution >= 0.6 is 11.6 Å². The van der Waals surface area contributed by atoms with Crippen LogP contribution in [0.4, 0.5) is 11.4 Å². The fourth-order valence-electron chi connectivity index (χ4n) is 2.64. The molecule has 0 saturated carbocycles. The van der Waals surface area contributed by atoms with Crippen LogP contribution in [0.25, 0.3) is 10.9 Å². The topological polar surface area (TPSA) is 69.7 Å².